The smallest absolute Gasteiger partial charge is 0.337 e. The molecular formula is C17H23N5O4S. The summed E-state index contributed by atoms with van der Waals surface area (Å²) in [6.07, 6.45) is 3.48. The Morgan fingerprint density at radius 2 is 2.30 bits per heavy atom. The minimum atomic E-state index is -0.853. The van der Waals surface area contributed by atoms with Gasteiger partial charge in [-0.3, -0.25) is 14.7 Å². The van der Waals surface area contributed by atoms with Crippen LogP contribution in [0.3, 0.4) is 0 Å². The van der Waals surface area contributed by atoms with Gasteiger partial charge in [0.1, 0.15) is 6.04 Å². The minimum absolute atomic E-state index is 0.170. The van der Waals surface area contributed by atoms with E-state index in [0.29, 0.717) is 41.8 Å². The molecule has 0 saturated carbocycles. The zero-order chi connectivity index (χ0) is 19.4. The van der Waals surface area contributed by atoms with Crippen LogP contribution in [0.1, 0.15) is 12.7 Å². The molecule has 1 fully saturated rings. The average molecular weight is 393 g/mol. The molecule has 0 aromatic carbocycles. The number of nitrogens with one attached hydrogen (secondary N) is 1. The van der Waals surface area contributed by atoms with Crippen molar-refractivity contribution in [1.29, 1.82) is 0 Å². The topological polar surface area (TPSA) is 109 Å². The van der Waals surface area contributed by atoms with Gasteiger partial charge in [0, 0.05) is 49.7 Å². The molecule has 0 spiro atoms. The molecule has 0 radical (unpaired) electrons. The van der Waals surface area contributed by atoms with Crippen LogP contribution < -0.4 is 5.32 Å². The summed E-state index contributed by atoms with van der Waals surface area (Å²) in [6, 6.07) is -0.586. The van der Waals surface area contributed by atoms with Crippen molar-refractivity contribution >= 4 is 29.5 Å². The van der Waals surface area contributed by atoms with E-state index in [1.54, 1.807) is 24.9 Å². The second-order valence-electron chi connectivity index (χ2n) is 6.23. The SMILES string of the molecule is CCOC(=O)C1=C(CN2CCSCC2C(=O)O)NC(c2nccn2C)=NC1. The molecule has 1 unspecified atom stereocenters. The largest absolute Gasteiger partial charge is 0.480 e. The molecule has 0 amide bonds. The number of aryl methyl sites for hydroxylation is 1. The lowest BCUT2D eigenvalue weighted by Gasteiger charge is -2.34. The number of ether oxygens (including phenoxy) is 1. The first-order chi connectivity index (χ1) is 13.0. The summed E-state index contributed by atoms with van der Waals surface area (Å²) in [4.78, 5) is 34.6. The van der Waals surface area contributed by atoms with E-state index in [-0.39, 0.29) is 13.2 Å². The molecule has 1 atom stereocenters. The quantitative estimate of drug-likeness (QED) is 0.655. The van der Waals surface area contributed by atoms with Crippen LogP contribution in [0, 0.1) is 0 Å². The molecular weight excluding hydrogens is 370 g/mol. The molecule has 0 aliphatic carbocycles. The maximum absolute atomic E-state index is 12.4. The fraction of sp³-hybridized carbons (Fsp3) is 0.529. The standard InChI is InChI=1S/C17H23N5O4S/c1-3-26-17(25)11-8-19-14(15-18-4-5-21(15)2)20-12(11)9-22-6-7-27-10-13(22)16(23)24/h4-5,13H,3,6-10H2,1-2H3,(H,19,20)(H,23,24). The number of rotatable bonds is 6. The molecule has 9 nitrogen and oxygen atoms in total. The minimum Gasteiger partial charge on any atom is -0.480 e. The van der Waals surface area contributed by atoms with Gasteiger partial charge in [0.05, 0.1) is 18.7 Å². The number of carboxylic acids is 1. The van der Waals surface area contributed by atoms with E-state index in [0.717, 1.165) is 5.75 Å². The van der Waals surface area contributed by atoms with Crippen molar-refractivity contribution < 1.29 is 19.4 Å². The molecule has 1 aromatic rings. The fourth-order valence-corrected chi connectivity index (χ4v) is 4.14. The molecule has 0 bridgehead atoms. The maximum Gasteiger partial charge on any atom is 0.337 e. The van der Waals surface area contributed by atoms with Crippen LogP contribution in [0.4, 0.5) is 0 Å². The summed E-state index contributed by atoms with van der Waals surface area (Å²) < 4.78 is 6.99. The van der Waals surface area contributed by atoms with E-state index in [9.17, 15) is 14.7 Å². The fourth-order valence-electron chi connectivity index (χ4n) is 3.03. The van der Waals surface area contributed by atoms with Crippen LogP contribution >= 0.6 is 11.8 Å². The van der Waals surface area contributed by atoms with E-state index >= 15 is 0 Å². The number of hydrogen-bond acceptors (Lipinski definition) is 8. The van der Waals surface area contributed by atoms with Crippen molar-refractivity contribution in [3.05, 3.63) is 29.5 Å². The van der Waals surface area contributed by atoms with Gasteiger partial charge in [0.2, 0.25) is 0 Å². The van der Waals surface area contributed by atoms with Gasteiger partial charge in [0.15, 0.2) is 11.7 Å². The number of esters is 1. The third kappa shape index (κ3) is 4.33. The van der Waals surface area contributed by atoms with Gasteiger partial charge >= 0.3 is 11.9 Å². The third-order valence-corrected chi connectivity index (χ3v) is 5.49. The molecule has 3 heterocycles. The average Bonchev–Trinajstić information content (AvgIpc) is 3.08. The molecule has 10 heteroatoms. The van der Waals surface area contributed by atoms with Gasteiger partial charge < -0.3 is 19.7 Å². The Morgan fingerprint density at radius 1 is 1.48 bits per heavy atom. The summed E-state index contributed by atoms with van der Waals surface area (Å²) in [5, 5.41) is 12.7. The van der Waals surface area contributed by atoms with Gasteiger partial charge in [0.25, 0.3) is 0 Å². The van der Waals surface area contributed by atoms with Crippen molar-refractivity contribution in [1.82, 2.24) is 19.8 Å². The van der Waals surface area contributed by atoms with Crippen molar-refractivity contribution in [2.75, 3.05) is 37.7 Å². The Hall–Kier alpha value is -2.33. The van der Waals surface area contributed by atoms with Gasteiger partial charge in [-0.25, -0.2) is 9.78 Å². The second-order valence-corrected chi connectivity index (χ2v) is 7.38. The number of carbonyl (C=O) groups is 2. The molecule has 1 saturated heterocycles. The number of amidine groups is 1. The lowest BCUT2D eigenvalue weighted by molar-refractivity contribution is -0.142. The van der Waals surface area contributed by atoms with E-state index in [4.69, 9.17) is 4.74 Å². The Labute approximate surface area is 161 Å². The van der Waals surface area contributed by atoms with E-state index in [2.05, 4.69) is 15.3 Å². The van der Waals surface area contributed by atoms with Crippen LogP contribution in [0.5, 0.6) is 0 Å². The normalized spacial score (nSPS) is 20.8. The van der Waals surface area contributed by atoms with Crippen LogP contribution in [0.15, 0.2) is 28.7 Å². The lowest BCUT2D eigenvalue weighted by Crippen LogP contribution is -2.50. The van der Waals surface area contributed by atoms with E-state index in [1.165, 1.54) is 0 Å². The second kappa shape index (κ2) is 8.57. The zero-order valence-electron chi connectivity index (χ0n) is 15.3. The number of carboxylic acid groups (broad SMARTS) is 1. The zero-order valence-corrected chi connectivity index (χ0v) is 16.2. The number of nitrogens with zero attached hydrogens (tertiary/aromatic N) is 4. The highest BCUT2D eigenvalue weighted by molar-refractivity contribution is 7.99. The first kappa shape index (κ1) is 19.4. The van der Waals surface area contributed by atoms with Crippen LogP contribution in [0.25, 0.3) is 0 Å². The van der Waals surface area contributed by atoms with Crippen molar-refractivity contribution in [2.24, 2.45) is 12.0 Å². The molecule has 3 rings (SSSR count). The lowest BCUT2D eigenvalue weighted by atomic mass is 10.1. The van der Waals surface area contributed by atoms with Crippen LogP contribution in [-0.2, 0) is 21.4 Å². The van der Waals surface area contributed by atoms with Gasteiger partial charge in [-0.2, -0.15) is 11.8 Å². The molecule has 2 N–H and O–H groups in total. The number of aliphatic carboxylic acids is 1. The van der Waals surface area contributed by atoms with Gasteiger partial charge in [-0.15, -0.1) is 0 Å². The number of carbonyl (C=O) groups excluding carboxylic acids is 1. The summed E-state index contributed by atoms with van der Waals surface area (Å²) >= 11 is 1.63. The highest BCUT2D eigenvalue weighted by Crippen LogP contribution is 2.20. The van der Waals surface area contributed by atoms with E-state index < -0.39 is 18.0 Å². The van der Waals surface area contributed by atoms with Crippen molar-refractivity contribution in [3.8, 4) is 0 Å². The number of thioether (sulfide) groups is 1. The summed E-state index contributed by atoms with van der Waals surface area (Å²) in [5.41, 5.74) is 1.05. The number of hydrogen-bond donors (Lipinski definition) is 2. The van der Waals surface area contributed by atoms with E-state index in [1.807, 2.05) is 22.7 Å². The summed E-state index contributed by atoms with van der Waals surface area (Å²) in [7, 11) is 1.86. The Balaban J connectivity index is 1.86. The Kier molecular flexibility index (Phi) is 6.17. The first-order valence-corrected chi connectivity index (χ1v) is 9.89. The third-order valence-electron chi connectivity index (χ3n) is 4.47. The maximum atomic E-state index is 12.4. The highest BCUT2D eigenvalue weighted by atomic mass is 32.2. The summed E-state index contributed by atoms with van der Waals surface area (Å²) in [6.45, 7) is 3.14. The van der Waals surface area contributed by atoms with Crippen LogP contribution in [-0.4, -0.2) is 81.1 Å². The Bertz CT molecular complexity index is 788. The Morgan fingerprint density at radius 3 is 2.96 bits per heavy atom. The molecule has 146 valence electrons. The van der Waals surface area contributed by atoms with Crippen molar-refractivity contribution in [3.63, 3.8) is 0 Å². The number of aliphatic imine (C=N–C) groups is 1. The van der Waals surface area contributed by atoms with Crippen molar-refractivity contribution in [2.45, 2.75) is 13.0 Å². The molecule has 1 aromatic heterocycles. The summed E-state index contributed by atoms with van der Waals surface area (Å²) in [5.74, 6) is 1.31. The van der Waals surface area contributed by atoms with Gasteiger partial charge in [-0.05, 0) is 6.92 Å². The molecule has 2 aliphatic rings. The predicted octanol–water partition coefficient (Wildman–Crippen LogP) is 0.0891. The molecule has 2 aliphatic heterocycles. The number of aromatic nitrogens is 2. The number of imidazole rings is 1. The predicted molar refractivity (Wildman–Crippen MR) is 102 cm³/mol. The highest BCUT2D eigenvalue weighted by Gasteiger charge is 2.32. The first-order valence-electron chi connectivity index (χ1n) is 8.74. The van der Waals surface area contributed by atoms with Gasteiger partial charge in [-0.1, -0.05) is 0 Å². The van der Waals surface area contributed by atoms with Crippen LogP contribution in [0.2, 0.25) is 0 Å². The molecule has 27 heavy (non-hydrogen) atoms. The monoisotopic (exact) mass is 393 g/mol.